The molecule has 3 atom stereocenters. The molecule has 5 heteroatoms. The molecule has 1 fully saturated rings. The minimum absolute atomic E-state index is 0.0119. The summed E-state index contributed by atoms with van der Waals surface area (Å²) in [6.45, 7) is 2.41. The third-order valence-corrected chi connectivity index (χ3v) is 3.62. The zero-order chi connectivity index (χ0) is 14.5. The van der Waals surface area contributed by atoms with E-state index in [1.807, 2.05) is 31.2 Å². The van der Waals surface area contributed by atoms with Crippen LogP contribution >= 0.6 is 0 Å². The van der Waals surface area contributed by atoms with Gasteiger partial charge in [0, 0.05) is 6.54 Å². The molecule has 3 unspecified atom stereocenters. The van der Waals surface area contributed by atoms with Crippen molar-refractivity contribution in [1.29, 1.82) is 0 Å². The smallest absolute Gasteiger partial charge is 0.249 e. The van der Waals surface area contributed by atoms with Crippen LogP contribution in [0.25, 0.3) is 0 Å². The molecule has 5 nitrogen and oxygen atoms in total. The fourth-order valence-corrected chi connectivity index (χ4v) is 2.37. The van der Waals surface area contributed by atoms with E-state index in [1.165, 1.54) is 0 Å². The Morgan fingerprint density at radius 2 is 2.35 bits per heavy atom. The summed E-state index contributed by atoms with van der Waals surface area (Å²) >= 11 is 0. The summed E-state index contributed by atoms with van der Waals surface area (Å²) in [4.78, 5) is 12.1. The molecule has 0 aromatic heterocycles. The summed E-state index contributed by atoms with van der Waals surface area (Å²) in [6, 6.07) is 7.59. The van der Waals surface area contributed by atoms with Crippen molar-refractivity contribution >= 4 is 5.91 Å². The van der Waals surface area contributed by atoms with Crippen molar-refractivity contribution in [2.75, 3.05) is 13.7 Å². The molecule has 3 N–H and O–H groups in total. The predicted molar refractivity (Wildman–Crippen MR) is 76.5 cm³/mol. The molecule has 110 valence electrons. The normalized spacial score (nSPS) is 23.4. The maximum absolute atomic E-state index is 12.1. The van der Waals surface area contributed by atoms with E-state index >= 15 is 0 Å². The molecule has 0 spiro atoms. The largest absolute Gasteiger partial charge is 0.497 e. The highest BCUT2D eigenvalue weighted by Gasteiger charge is 2.30. The molecule has 1 amide bonds. The Balaban J connectivity index is 1.93. The highest BCUT2D eigenvalue weighted by atomic mass is 16.5. The summed E-state index contributed by atoms with van der Waals surface area (Å²) in [5.41, 5.74) is 6.56. The van der Waals surface area contributed by atoms with E-state index in [0.717, 1.165) is 24.2 Å². The third-order valence-electron chi connectivity index (χ3n) is 3.62. The lowest BCUT2D eigenvalue weighted by atomic mass is 10.1. The van der Waals surface area contributed by atoms with Crippen LogP contribution in [0.15, 0.2) is 24.3 Å². The van der Waals surface area contributed by atoms with E-state index in [2.05, 4.69) is 5.32 Å². The van der Waals surface area contributed by atoms with Gasteiger partial charge in [0.15, 0.2) is 0 Å². The first kappa shape index (κ1) is 14.8. The van der Waals surface area contributed by atoms with Crippen LogP contribution < -0.4 is 15.8 Å². The highest BCUT2D eigenvalue weighted by Crippen LogP contribution is 2.22. The molecular formula is C15H22N2O3. The molecule has 1 saturated heterocycles. The molecule has 20 heavy (non-hydrogen) atoms. The van der Waals surface area contributed by atoms with Gasteiger partial charge in [-0.2, -0.15) is 0 Å². The minimum atomic E-state index is -0.378. The van der Waals surface area contributed by atoms with Crippen LogP contribution in [0.3, 0.4) is 0 Å². The Morgan fingerprint density at radius 3 is 3.00 bits per heavy atom. The van der Waals surface area contributed by atoms with Gasteiger partial charge in [0.25, 0.3) is 0 Å². The van der Waals surface area contributed by atoms with Gasteiger partial charge in [-0.15, -0.1) is 0 Å². The van der Waals surface area contributed by atoms with Gasteiger partial charge in [-0.3, -0.25) is 4.79 Å². The maximum Gasteiger partial charge on any atom is 0.249 e. The maximum atomic E-state index is 12.1. The van der Waals surface area contributed by atoms with Crippen molar-refractivity contribution in [3.63, 3.8) is 0 Å². The van der Waals surface area contributed by atoms with Crippen molar-refractivity contribution < 1.29 is 14.3 Å². The molecule has 0 radical (unpaired) electrons. The second-order valence-electron chi connectivity index (χ2n) is 5.07. The molecule has 2 rings (SSSR count). The van der Waals surface area contributed by atoms with E-state index in [9.17, 15) is 4.79 Å². The average molecular weight is 278 g/mol. The number of hydrogen-bond donors (Lipinski definition) is 2. The first-order chi connectivity index (χ1) is 9.63. The van der Waals surface area contributed by atoms with Gasteiger partial charge in [-0.25, -0.2) is 0 Å². The Bertz CT molecular complexity index is 464. The number of amides is 1. The van der Waals surface area contributed by atoms with Crippen molar-refractivity contribution in [3.05, 3.63) is 29.8 Å². The van der Waals surface area contributed by atoms with Crippen LogP contribution in [-0.2, 0) is 9.53 Å². The second-order valence-corrected chi connectivity index (χ2v) is 5.07. The molecule has 1 aromatic carbocycles. The minimum Gasteiger partial charge on any atom is -0.497 e. The molecule has 0 bridgehead atoms. The van der Waals surface area contributed by atoms with Crippen LogP contribution in [0.4, 0.5) is 0 Å². The quantitative estimate of drug-likeness (QED) is 0.853. The monoisotopic (exact) mass is 278 g/mol. The lowest BCUT2D eigenvalue weighted by Crippen LogP contribution is -2.37. The zero-order valence-electron chi connectivity index (χ0n) is 12.0. The summed E-state index contributed by atoms with van der Waals surface area (Å²) in [7, 11) is 1.63. The van der Waals surface area contributed by atoms with Crippen LogP contribution in [0, 0.1) is 0 Å². The van der Waals surface area contributed by atoms with Crippen molar-refractivity contribution in [1.82, 2.24) is 5.32 Å². The van der Waals surface area contributed by atoms with Gasteiger partial charge in [0.05, 0.1) is 19.3 Å². The number of methoxy groups -OCH3 is 1. The van der Waals surface area contributed by atoms with E-state index in [-0.39, 0.29) is 24.2 Å². The average Bonchev–Trinajstić information content (AvgIpc) is 2.96. The second kappa shape index (κ2) is 6.72. The van der Waals surface area contributed by atoms with E-state index < -0.39 is 0 Å². The number of carbonyl (C=O) groups excluding carboxylic acids is 1. The van der Waals surface area contributed by atoms with Gasteiger partial charge in [0.2, 0.25) is 5.91 Å². The van der Waals surface area contributed by atoms with E-state index in [1.54, 1.807) is 7.11 Å². The van der Waals surface area contributed by atoms with Crippen molar-refractivity contribution in [3.8, 4) is 5.75 Å². The van der Waals surface area contributed by atoms with E-state index in [0.29, 0.717) is 6.54 Å². The van der Waals surface area contributed by atoms with E-state index in [4.69, 9.17) is 15.2 Å². The Morgan fingerprint density at radius 1 is 1.55 bits per heavy atom. The van der Waals surface area contributed by atoms with Gasteiger partial charge in [-0.05, 0) is 37.5 Å². The summed E-state index contributed by atoms with van der Waals surface area (Å²) in [6.07, 6.45) is 1.22. The van der Waals surface area contributed by atoms with Crippen LogP contribution in [0.1, 0.15) is 31.4 Å². The zero-order valence-corrected chi connectivity index (χ0v) is 12.0. The summed E-state index contributed by atoms with van der Waals surface area (Å²) in [5.74, 6) is 0.709. The first-order valence-electron chi connectivity index (χ1n) is 6.94. The number of nitrogens with two attached hydrogens (primary N) is 1. The topological polar surface area (TPSA) is 73.6 Å². The number of carbonyl (C=O) groups is 1. The molecule has 0 saturated carbocycles. The van der Waals surface area contributed by atoms with Crippen LogP contribution in [0.5, 0.6) is 5.75 Å². The molecule has 1 aliphatic heterocycles. The predicted octanol–water partition coefficient (Wildman–Crippen LogP) is 1.38. The lowest BCUT2D eigenvalue weighted by Gasteiger charge is -2.18. The Hall–Kier alpha value is -1.59. The van der Waals surface area contributed by atoms with Crippen LogP contribution in [0.2, 0.25) is 0 Å². The number of benzene rings is 1. The lowest BCUT2D eigenvalue weighted by molar-refractivity contribution is -0.132. The molecule has 1 aliphatic rings. The fraction of sp³-hybridized carbons (Fsp3) is 0.533. The van der Waals surface area contributed by atoms with Crippen molar-refractivity contribution in [2.45, 2.75) is 38.0 Å². The van der Waals surface area contributed by atoms with Gasteiger partial charge >= 0.3 is 0 Å². The number of hydrogen-bond acceptors (Lipinski definition) is 4. The number of nitrogens with one attached hydrogen (secondary N) is 1. The van der Waals surface area contributed by atoms with Gasteiger partial charge in [-0.1, -0.05) is 12.1 Å². The molecule has 1 heterocycles. The van der Waals surface area contributed by atoms with Crippen molar-refractivity contribution in [2.24, 2.45) is 5.73 Å². The van der Waals surface area contributed by atoms with Gasteiger partial charge < -0.3 is 20.5 Å². The number of ether oxygens (including phenoxy) is 2. The first-order valence-corrected chi connectivity index (χ1v) is 6.94. The number of rotatable bonds is 5. The third kappa shape index (κ3) is 3.49. The molecular weight excluding hydrogens is 256 g/mol. The standard InChI is InChI=1S/C15H22N2O3/c1-10(11-4-3-5-12(8-11)19-2)17-15(18)14-7-6-13(9-16)20-14/h3-5,8,10,13-14H,6-7,9,16H2,1-2H3,(H,17,18). The summed E-state index contributed by atoms with van der Waals surface area (Å²) in [5, 5.41) is 2.97. The SMILES string of the molecule is COc1cccc(C(C)NC(=O)C2CCC(CN)O2)c1. The Kier molecular flexibility index (Phi) is 4.98. The van der Waals surface area contributed by atoms with Crippen LogP contribution in [-0.4, -0.2) is 31.8 Å². The Labute approximate surface area is 119 Å². The highest BCUT2D eigenvalue weighted by molar-refractivity contribution is 5.81. The molecule has 1 aromatic rings. The summed E-state index contributed by atoms with van der Waals surface area (Å²) < 4.78 is 10.8. The van der Waals surface area contributed by atoms with Gasteiger partial charge in [0.1, 0.15) is 11.9 Å². The fourth-order valence-electron chi connectivity index (χ4n) is 2.37. The molecule has 0 aliphatic carbocycles.